The van der Waals surface area contributed by atoms with Crippen LogP contribution in [0.3, 0.4) is 0 Å². The molecule has 2 N–H and O–H groups in total. The van der Waals surface area contributed by atoms with Crippen LogP contribution >= 0.6 is 11.3 Å². The number of thiophene rings is 1. The third-order valence-electron chi connectivity index (χ3n) is 6.85. The number of fused-ring (bicyclic) bond motifs is 1. The van der Waals surface area contributed by atoms with Crippen molar-refractivity contribution in [2.45, 2.75) is 70.6 Å². The Labute approximate surface area is 238 Å². The molecule has 2 amide bonds. The minimum absolute atomic E-state index is 0.0761. The second-order valence-electron chi connectivity index (χ2n) is 11.3. The molecule has 0 spiro atoms. The highest BCUT2D eigenvalue weighted by molar-refractivity contribution is 7.17. The number of hydrogen-bond acceptors (Lipinski definition) is 7. The Morgan fingerprint density at radius 1 is 1.23 bits per heavy atom. The number of aliphatic hydroxyl groups is 1. The first-order chi connectivity index (χ1) is 18.9. The molecule has 1 fully saturated rings. The van der Waals surface area contributed by atoms with E-state index in [9.17, 15) is 19.5 Å². The summed E-state index contributed by atoms with van der Waals surface area (Å²) in [4.78, 5) is 44.1. The molecule has 4 rings (SSSR count). The maximum absolute atomic E-state index is 13.2. The van der Waals surface area contributed by atoms with E-state index in [-0.39, 0.29) is 30.5 Å². The number of carbonyl (C=O) groups excluding carboxylic acids is 2. The fraction of sp³-hybridized carbons (Fsp3) is 0.467. The van der Waals surface area contributed by atoms with Crippen molar-refractivity contribution in [3.8, 4) is 11.8 Å². The molecule has 0 radical (unpaired) electrons. The summed E-state index contributed by atoms with van der Waals surface area (Å²) in [6.07, 6.45) is 2.08. The van der Waals surface area contributed by atoms with Crippen LogP contribution in [0.1, 0.15) is 64.0 Å². The molecule has 0 saturated carbocycles. The number of piperidine rings is 1. The van der Waals surface area contributed by atoms with Crippen LogP contribution < -0.4 is 10.9 Å². The second kappa shape index (κ2) is 12.2. The van der Waals surface area contributed by atoms with Gasteiger partial charge in [0.25, 0.3) is 5.56 Å². The van der Waals surface area contributed by atoms with Crippen molar-refractivity contribution in [3.63, 3.8) is 0 Å². The van der Waals surface area contributed by atoms with Gasteiger partial charge in [-0.3, -0.25) is 14.2 Å². The van der Waals surface area contributed by atoms with Crippen molar-refractivity contribution in [2.75, 3.05) is 19.6 Å². The van der Waals surface area contributed by atoms with E-state index in [1.54, 1.807) is 31.1 Å². The summed E-state index contributed by atoms with van der Waals surface area (Å²) in [5.74, 6) is 6.01. The molecule has 2 aromatic heterocycles. The van der Waals surface area contributed by atoms with Gasteiger partial charge in [0.05, 0.1) is 30.6 Å². The molecule has 1 saturated heterocycles. The molecule has 3 aromatic rings. The topological polar surface area (TPSA) is 114 Å². The Hall–Kier alpha value is -3.68. The number of aromatic nitrogens is 2. The molecule has 10 heteroatoms. The highest BCUT2D eigenvalue weighted by atomic mass is 32.1. The highest BCUT2D eigenvalue weighted by Gasteiger charge is 2.35. The molecule has 1 aliphatic heterocycles. The molecule has 1 aromatic carbocycles. The predicted molar refractivity (Wildman–Crippen MR) is 155 cm³/mol. The summed E-state index contributed by atoms with van der Waals surface area (Å²) >= 11 is 1.25. The Morgan fingerprint density at radius 2 is 1.93 bits per heavy atom. The van der Waals surface area contributed by atoms with Crippen molar-refractivity contribution >= 4 is 33.6 Å². The highest BCUT2D eigenvalue weighted by Crippen LogP contribution is 2.27. The van der Waals surface area contributed by atoms with Gasteiger partial charge in [-0.25, -0.2) is 9.78 Å². The molecule has 3 heterocycles. The number of likely N-dealkylation sites (tertiary alicyclic amines) is 1. The van der Waals surface area contributed by atoms with Crippen LogP contribution in [-0.4, -0.2) is 62.4 Å². The third-order valence-corrected chi connectivity index (χ3v) is 7.81. The molecule has 40 heavy (non-hydrogen) atoms. The van der Waals surface area contributed by atoms with Crippen LogP contribution in [0.4, 0.5) is 4.79 Å². The monoisotopic (exact) mass is 564 g/mol. The fourth-order valence-electron chi connectivity index (χ4n) is 4.65. The van der Waals surface area contributed by atoms with Gasteiger partial charge in [-0.2, -0.15) is 0 Å². The van der Waals surface area contributed by atoms with Gasteiger partial charge < -0.3 is 20.1 Å². The lowest BCUT2D eigenvalue weighted by Gasteiger charge is -2.38. The van der Waals surface area contributed by atoms with Crippen molar-refractivity contribution in [1.82, 2.24) is 19.8 Å². The first kappa shape index (κ1) is 29.3. The number of benzene rings is 1. The van der Waals surface area contributed by atoms with E-state index in [4.69, 9.17) is 4.74 Å². The average molecular weight is 565 g/mol. The van der Waals surface area contributed by atoms with E-state index >= 15 is 0 Å². The molecular weight excluding hydrogens is 528 g/mol. The van der Waals surface area contributed by atoms with E-state index in [1.807, 2.05) is 37.3 Å². The number of nitrogens with one attached hydrogen (secondary N) is 1. The van der Waals surface area contributed by atoms with Gasteiger partial charge in [-0.1, -0.05) is 49.1 Å². The normalized spacial score (nSPS) is 15.7. The first-order valence-corrected chi connectivity index (χ1v) is 14.3. The maximum atomic E-state index is 13.2. The molecule has 0 unspecified atom stereocenters. The van der Waals surface area contributed by atoms with Crippen LogP contribution in [0.15, 0.2) is 46.8 Å². The number of carbonyl (C=O) groups is 2. The van der Waals surface area contributed by atoms with Crippen molar-refractivity contribution in [1.29, 1.82) is 0 Å². The Kier molecular flexibility index (Phi) is 8.96. The quantitative estimate of drug-likeness (QED) is 0.440. The van der Waals surface area contributed by atoms with Gasteiger partial charge in [0, 0.05) is 24.9 Å². The third kappa shape index (κ3) is 7.49. The van der Waals surface area contributed by atoms with Crippen LogP contribution in [0.25, 0.3) is 10.2 Å². The Balaban J connectivity index is 1.34. The largest absolute Gasteiger partial charge is 0.444 e. The molecular formula is C30H36N4O5S. The van der Waals surface area contributed by atoms with E-state index in [1.165, 1.54) is 22.2 Å². The van der Waals surface area contributed by atoms with Gasteiger partial charge in [0.1, 0.15) is 15.8 Å². The number of ether oxygens (including phenoxy) is 1. The molecule has 0 aliphatic carbocycles. The smallest absolute Gasteiger partial charge is 0.408 e. The Morgan fingerprint density at radius 3 is 2.60 bits per heavy atom. The number of rotatable bonds is 6. The zero-order valence-corrected chi connectivity index (χ0v) is 24.2. The zero-order chi connectivity index (χ0) is 28.9. The summed E-state index contributed by atoms with van der Waals surface area (Å²) in [5.41, 5.74) is 0.300. The molecule has 1 atom stereocenters. The van der Waals surface area contributed by atoms with Crippen molar-refractivity contribution < 1.29 is 19.4 Å². The lowest BCUT2D eigenvalue weighted by Crippen LogP contribution is -2.49. The summed E-state index contributed by atoms with van der Waals surface area (Å²) in [5, 5.41) is 15.6. The van der Waals surface area contributed by atoms with E-state index in [0.29, 0.717) is 48.1 Å². The predicted octanol–water partition coefficient (Wildman–Crippen LogP) is 3.88. The molecule has 1 aliphatic rings. The Bertz CT molecular complexity index is 1470. The number of nitrogens with zero attached hydrogens (tertiary/aromatic N) is 3. The van der Waals surface area contributed by atoms with Gasteiger partial charge in [0.15, 0.2) is 0 Å². The lowest BCUT2D eigenvalue weighted by atomic mass is 9.90. The SMILES string of the molecule is C[C@H](CC(=O)N1CCC(O)(Cn2cnc3c(C#CCNC(=O)OC(C)(C)C)csc3c2=O)CC1)c1ccccc1. The minimum atomic E-state index is -1.10. The van der Waals surface area contributed by atoms with Gasteiger partial charge in [-0.15, -0.1) is 11.3 Å². The fourth-order valence-corrected chi connectivity index (χ4v) is 5.55. The van der Waals surface area contributed by atoms with Crippen LogP contribution in [0, 0.1) is 11.8 Å². The minimum Gasteiger partial charge on any atom is -0.444 e. The molecule has 9 nitrogen and oxygen atoms in total. The van der Waals surface area contributed by atoms with Crippen molar-refractivity contribution in [2.24, 2.45) is 0 Å². The van der Waals surface area contributed by atoms with Gasteiger partial charge >= 0.3 is 6.09 Å². The number of hydrogen-bond donors (Lipinski definition) is 2. The maximum Gasteiger partial charge on any atom is 0.408 e. The lowest BCUT2D eigenvalue weighted by molar-refractivity contribution is -0.136. The van der Waals surface area contributed by atoms with Gasteiger partial charge in [0.2, 0.25) is 5.91 Å². The summed E-state index contributed by atoms with van der Waals surface area (Å²) in [7, 11) is 0. The van der Waals surface area contributed by atoms with E-state index in [0.717, 1.165) is 5.56 Å². The van der Waals surface area contributed by atoms with E-state index in [2.05, 4.69) is 22.1 Å². The number of amides is 2. The van der Waals surface area contributed by atoms with E-state index < -0.39 is 17.3 Å². The van der Waals surface area contributed by atoms with Gasteiger partial charge in [-0.05, 0) is 45.1 Å². The summed E-state index contributed by atoms with van der Waals surface area (Å²) in [6.45, 7) is 8.49. The van der Waals surface area contributed by atoms with Crippen LogP contribution in [-0.2, 0) is 16.1 Å². The average Bonchev–Trinajstić information content (AvgIpc) is 3.31. The van der Waals surface area contributed by atoms with Crippen molar-refractivity contribution in [3.05, 3.63) is 63.5 Å². The standard InChI is InChI=1S/C30H36N4O5S/c1-21(22-9-6-5-7-10-22)17-24(35)33-15-12-30(38,13-16-33)19-34-20-32-25-23(18-40-26(25)27(34)36)11-8-14-31-28(37)39-29(2,3)4/h5-7,9-10,18,20-21,38H,12-17,19H2,1-4H3,(H,31,37)/t21-/m1/s1. The van der Waals surface area contributed by atoms with Crippen LogP contribution in [0.2, 0.25) is 0 Å². The first-order valence-electron chi connectivity index (χ1n) is 13.4. The zero-order valence-electron chi connectivity index (χ0n) is 23.4. The second-order valence-corrected chi connectivity index (χ2v) is 12.2. The summed E-state index contributed by atoms with van der Waals surface area (Å²) in [6, 6.07) is 9.97. The van der Waals surface area contributed by atoms with Crippen LogP contribution in [0.5, 0.6) is 0 Å². The molecule has 212 valence electrons. The molecule has 0 bridgehead atoms. The summed E-state index contributed by atoms with van der Waals surface area (Å²) < 4.78 is 7.08. The number of alkyl carbamates (subject to hydrolysis) is 1.